The monoisotopic (exact) mass is 160 g/mol. The van der Waals surface area contributed by atoms with Crippen LogP contribution >= 0.6 is 0 Å². The van der Waals surface area contributed by atoms with Crippen LogP contribution < -0.4 is 10.6 Å². The third-order valence-electron chi connectivity index (χ3n) is 2.26. The molecular formula is C10H12N2. The molecule has 0 radical (unpaired) electrons. The lowest BCUT2D eigenvalue weighted by atomic mass is 10.0. The zero-order chi connectivity index (χ0) is 8.55. The van der Waals surface area contributed by atoms with E-state index in [1.54, 1.807) is 0 Å². The van der Waals surface area contributed by atoms with Crippen LogP contribution in [-0.2, 0) is 0 Å². The van der Waals surface area contributed by atoms with Crippen LogP contribution in [0.1, 0.15) is 25.5 Å². The normalized spacial score (nSPS) is 15.3. The van der Waals surface area contributed by atoms with E-state index in [1.165, 1.54) is 10.8 Å². The van der Waals surface area contributed by atoms with E-state index >= 15 is 0 Å². The van der Waals surface area contributed by atoms with Gasteiger partial charge < -0.3 is 0 Å². The molecule has 0 unspecified atom stereocenters. The second-order valence-corrected chi connectivity index (χ2v) is 3.31. The summed E-state index contributed by atoms with van der Waals surface area (Å²) in [6.45, 7) is 4.15. The van der Waals surface area contributed by atoms with Crippen molar-refractivity contribution < 1.29 is 0 Å². The summed E-state index contributed by atoms with van der Waals surface area (Å²) >= 11 is 0. The molecule has 1 aliphatic rings. The Morgan fingerprint density at radius 3 is 2.92 bits per heavy atom. The van der Waals surface area contributed by atoms with E-state index in [1.807, 2.05) is 6.92 Å². The first-order chi connectivity index (χ1) is 5.77. The van der Waals surface area contributed by atoms with E-state index in [0.717, 1.165) is 23.9 Å². The summed E-state index contributed by atoms with van der Waals surface area (Å²) in [5.74, 6) is 0. The van der Waals surface area contributed by atoms with Crippen molar-refractivity contribution in [2.24, 2.45) is 0 Å². The quantitative estimate of drug-likeness (QED) is 0.553. The van der Waals surface area contributed by atoms with Gasteiger partial charge in [0.2, 0.25) is 0 Å². The average Bonchev–Trinajstić information content (AvgIpc) is 2.07. The minimum atomic E-state index is 1.00. The third-order valence-corrected chi connectivity index (χ3v) is 2.26. The molecule has 0 saturated heterocycles. The van der Waals surface area contributed by atoms with Crippen LogP contribution in [0, 0.1) is 6.92 Å². The molecule has 1 heterocycles. The molecule has 2 nitrogen and oxygen atoms in total. The number of hydrogen-bond acceptors (Lipinski definition) is 2. The number of aromatic nitrogens is 2. The molecule has 0 aromatic carbocycles. The fourth-order valence-corrected chi connectivity index (χ4v) is 1.55. The molecule has 1 aliphatic carbocycles. The van der Waals surface area contributed by atoms with Gasteiger partial charge in [-0.05, 0) is 32.8 Å². The smallest absolute Gasteiger partial charge is 0.0889 e. The molecule has 2 rings (SSSR count). The Kier molecular flexibility index (Phi) is 1.68. The zero-order valence-corrected chi connectivity index (χ0v) is 7.46. The molecule has 0 N–H and O–H groups in total. The summed E-state index contributed by atoms with van der Waals surface area (Å²) in [6.07, 6.45) is 4.43. The highest BCUT2D eigenvalue weighted by Crippen LogP contribution is 2.05. The van der Waals surface area contributed by atoms with Crippen LogP contribution in [-0.4, -0.2) is 10.2 Å². The molecular weight excluding hydrogens is 148 g/mol. The van der Waals surface area contributed by atoms with E-state index in [0.29, 0.717) is 0 Å². The Morgan fingerprint density at radius 1 is 1.25 bits per heavy atom. The van der Waals surface area contributed by atoms with E-state index < -0.39 is 0 Å². The molecule has 0 atom stereocenters. The molecule has 0 aliphatic heterocycles. The molecule has 62 valence electrons. The van der Waals surface area contributed by atoms with Crippen molar-refractivity contribution in [1.29, 1.82) is 0 Å². The predicted octanol–water partition coefficient (Wildman–Crippen LogP) is 0.530. The van der Waals surface area contributed by atoms with Crippen molar-refractivity contribution in [3.05, 3.63) is 22.3 Å². The summed E-state index contributed by atoms with van der Waals surface area (Å²) in [6, 6.07) is 2.12. The fraction of sp³-hybridized carbons (Fsp3) is 0.400. The summed E-state index contributed by atoms with van der Waals surface area (Å²) in [5.41, 5.74) is 2.44. The summed E-state index contributed by atoms with van der Waals surface area (Å²) in [7, 11) is 0. The predicted molar refractivity (Wildman–Crippen MR) is 48.8 cm³/mol. The Bertz CT molecular complexity index is 418. The van der Waals surface area contributed by atoms with Crippen LogP contribution in [0.15, 0.2) is 6.07 Å². The van der Waals surface area contributed by atoms with Gasteiger partial charge in [-0.3, -0.25) is 0 Å². The Hall–Kier alpha value is -1.18. The van der Waals surface area contributed by atoms with Gasteiger partial charge in [-0.15, -0.1) is 0 Å². The third kappa shape index (κ3) is 1.13. The van der Waals surface area contributed by atoms with Gasteiger partial charge in [0.1, 0.15) is 0 Å². The second kappa shape index (κ2) is 2.70. The van der Waals surface area contributed by atoms with Gasteiger partial charge in [0.25, 0.3) is 0 Å². The maximum Gasteiger partial charge on any atom is 0.0889 e. The van der Waals surface area contributed by atoms with Crippen molar-refractivity contribution in [3.8, 4) is 0 Å². The number of aryl methyl sites for hydroxylation is 1. The number of rotatable bonds is 0. The van der Waals surface area contributed by atoms with E-state index in [9.17, 15) is 0 Å². The fourth-order valence-electron chi connectivity index (χ4n) is 1.55. The number of fused-ring (bicyclic) bond motifs is 1. The van der Waals surface area contributed by atoms with Gasteiger partial charge in [0.15, 0.2) is 0 Å². The highest BCUT2D eigenvalue weighted by Gasteiger charge is 2.00. The minimum Gasteiger partial charge on any atom is -0.155 e. The Labute approximate surface area is 71.6 Å². The van der Waals surface area contributed by atoms with Crippen LogP contribution in [0.25, 0.3) is 11.6 Å². The Balaban J connectivity index is 2.87. The van der Waals surface area contributed by atoms with E-state index in [4.69, 9.17) is 0 Å². The topological polar surface area (TPSA) is 25.8 Å². The molecule has 12 heavy (non-hydrogen) atoms. The summed E-state index contributed by atoms with van der Waals surface area (Å²) in [4.78, 5) is 0. The lowest BCUT2D eigenvalue weighted by Crippen LogP contribution is -2.33. The SMILES string of the molecule is CC1=c2cc(C)nnc2=CCC1. The molecule has 0 fully saturated rings. The minimum absolute atomic E-state index is 1.00. The highest BCUT2D eigenvalue weighted by atomic mass is 15.1. The summed E-state index contributed by atoms with van der Waals surface area (Å²) < 4.78 is 0. The maximum absolute atomic E-state index is 4.14. The first-order valence-electron chi connectivity index (χ1n) is 4.28. The van der Waals surface area contributed by atoms with Crippen LogP contribution in [0.3, 0.4) is 0 Å². The molecule has 0 bridgehead atoms. The largest absolute Gasteiger partial charge is 0.155 e. The Morgan fingerprint density at radius 2 is 2.08 bits per heavy atom. The maximum atomic E-state index is 4.14. The lowest BCUT2D eigenvalue weighted by molar-refractivity contribution is 0.912. The van der Waals surface area contributed by atoms with Crippen LogP contribution in [0.4, 0.5) is 0 Å². The van der Waals surface area contributed by atoms with Crippen molar-refractivity contribution in [2.45, 2.75) is 26.7 Å². The molecule has 1 aromatic heterocycles. The molecule has 0 saturated carbocycles. The number of nitrogens with zero attached hydrogens (tertiary/aromatic N) is 2. The molecule has 2 heteroatoms. The van der Waals surface area contributed by atoms with Gasteiger partial charge in [0, 0.05) is 5.22 Å². The first-order valence-corrected chi connectivity index (χ1v) is 4.28. The van der Waals surface area contributed by atoms with Gasteiger partial charge in [-0.25, -0.2) is 0 Å². The van der Waals surface area contributed by atoms with Crippen molar-refractivity contribution in [1.82, 2.24) is 10.2 Å². The van der Waals surface area contributed by atoms with E-state index in [2.05, 4.69) is 29.3 Å². The molecule has 0 amide bonds. The highest BCUT2D eigenvalue weighted by molar-refractivity contribution is 5.47. The first kappa shape index (κ1) is 7.47. The molecule has 1 aromatic rings. The standard InChI is InChI=1S/C10H12N2/c1-7-4-3-5-10-9(7)6-8(2)11-12-10/h5-6H,3-4H2,1-2H3. The van der Waals surface area contributed by atoms with Gasteiger partial charge in [0.05, 0.1) is 11.0 Å². The summed E-state index contributed by atoms with van der Waals surface area (Å²) in [5, 5.41) is 10.5. The lowest BCUT2D eigenvalue weighted by Gasteiger charge is -2.04. The van der Waals surface area contributed by atoms with Crippen molar-refractivity contribution in [3.63, 3.8) is 0 Å². The van der Waals surface area contributed by atoms with Gasteiger partial charge in [-0.2, -0.15) is 10.2 Å². The van der Waals surface area contributed by atoms with Gasteiger partial charge >= 0.3 is 0 Å². The average molecular weight is 160 g/mol. The number of hydrogen-bond donors (Lipinski definition) is 0. The molecule has 0 spiro atoms. The van der Waals surface area contributed by atoms with E-state index in [-0.39, 0.29) is 0 Å². The van der Waals surface area contributed by atoms with Gasteiger partial charge in [-0.1, -0.05) is 11.6 Å². The van der Waals surface area contributed by atoms with Crippen molar-refractivity contribution >= 4 is 11.6 Å². The van der Waals surface area contributed by atoms with Crippen LogP contribution in [0.5, 0.6) is 0 Å². The van der Waals surface area contributed by atoms with Crippen LogP contribution in [0.2, 0.25) is 0 Å². The second-order valence-electron chi connectivity index (χ2n) is 3.31. The van der Waals surface area contributed by atoms with Crippen molar-refractivity contribution in [2.75, 3.05) is 0 Å². The zero-order valence-electron chi connectivity index (χ0n) is 7.46.